The van der Waals surface area contributed by atoms with Crippen LogP contribution in [0.15, 0.2) is 41.9 Å². The zero-order valence-corrected chi connectivity index (χ0v) is 24.6. The molecule has 0 saturated heterocycles. The second-order valence-electron chi connectivity index (χ2n) is 12.0. The molecule has 39 heavy (non-hydrogen) atoms. The second-order valence-corrected chi connectivity index (χ2v) is 12.9. The molecule has 3 N–H and O–H groups in total. The molecule has 0 aliphatic rings. The van der Waals surface area contributed by atoms with Crippen LogP contribution >= 0.6 is 11.3 Å². The summed E-state index contributed by atoms with van der Waals surface area (Å²) < 4.78 is 15.2. The van der Waals surface area contributed by atoms with Crippen molar-refractivity contribution in [1.29, 1.82) is 0 Å². The number of amides is 3. The summed E-state index contributed by atoms with van der Waals surface area (Å²) in [5.41, 5.74) is 1.34. The normalized spacial score (nSPS) is 12.5. The number of thiazole rings is 1. The molecule has 0 aliphatic heterocycles. The van der Waals surface area contributed by atoms with Crippen LogP contribution in [0.5, 0.6) is 0 Å². The van der Waals surface area contributed by atoms with Gasteiger partial charge in [0, 0.05) is 40.9 Å². The van der Waals surface area contributed by atoms with Gasteiger partial charge < -0.3 is 10.6 Å². The second kappa shape index (κ2) is 11.7. The van der Waals surface area contributed by atoms with Crippen molar-refractivity contribution in [2.75, 3.05) is 11.9 Å². The zero-order valence-electron chi connectivity index (χ0n) is 23.8. The van der Waals surface area contributed by atoms with Crippen LogP contribution in [-0.2, 0) is 0 Å². The van der Waals surface area contributed by atoms with Crippen molar-refractivity contribution in [1.82, 2.24) is 15.6 Å². The van der Waals surface area contributed by atoms with E-state index in [0.717, 1.165) is 0 Å². The summed E-state index contributed by atoms with van der Waals surface area (Å²) in [6.45, 7) is 16.0. The van der Waals surface area contributed by atoms with Gasteiger partial charge in [0.25, 0.3) is 17.7 Å². The quantitative estimate of drug-likeness (QED) is 0.314. The number of rotatable bonds is 7. The van der Waals surface area contributed by atoms with Gasteiger partial charge in [-0.2, -0.15) is 0 Å². The van der Waals surface area contributed by atoms with E-state index in [0.29, 0.717) is 28.4 Å². The van der Waals surface area contributed by atoms with Crippen molar-refractivity contribution in [3.63, 3.8) is 0 Å². The number of anilines is 1. The SMILES string of the molecule is Cc1c(F)cc(C(=O)N[C@H](C)C(C)(C)C)cc1-c1ccc(C(=O)NCC(C)(C)C)cc1C(=O)Nc1nccs1. The Morgan fingerprint density at radius 2 is 1.64 bits per heavy atom. The first-order chi connectivity index (χ1) is 18.1. The molecule has 0 saturated carbocycles. The molecular weight excluding hydrogens is 515 g/mol. The van der Waals surface area contributed by atoms with E-state index in [4.69, 9.17) is 0 Å². The molecule has 0 bridgehead atoms. The topological polar surface area (TPSA) is 100 Å². The third kappa shape index (κ3) is 7.72. The summed E-state index contributed by atoms with van der Waals surface area (Å²) in [7, 11) is 0. The van der Waals surface area contributed by atoms with E-state index < -0.39 is 17.6 Å². The van der Waals surface area contributed by atoms with Crippen LogP contribution in [-0.4, -0.2) is 35.3 Å². The maximum Gasteiger partial charge on any atom is 0.258 e. The lowest BCUT2D eigenvalue weighted by Crippen LogP contribution is -2.41. The van der Waals surface area contributed by atoms with Gasteiger partial charge in [0.2, 0.25) is 0 Å². The van der Waals surface area contributed by atoms with Gasteiger partial charge in [0.05, 0.1) is 0 Å². The molecule has 3 aromatic rings. The first kappa shape index (κ1) is 30.0. The molecule has 2 aromatic carbocycles. The highest BCUT2D eigenvalue weighted by Crippen LogP contribution is 2.32. The third-order valence-corrected chi connectivity index (χ3v) is 7.19. The van der Waals surface area contributed by atoms with Crippen molar-refractivity contribution < 1.29 is 18.8 Å². The largest absolute Gasteiger partial charge is 0.352 e. The van der Waals surface area contributed by atoms with Crippen LogP contribution in [0.25, 0.3) is 11.1 Å². The molecule has 1 heterocycles. The Morgan fingerprint density at radius 1 is 0.949 bits per heavy atom. The predicted molar refractivity (Wildman–Crippen MR) is 155 cm³/mol. The van der Waals surface area contributed by atoms with Gasteiger partial charge in [-0.25, -0.2) is 9.37 Å². The molecular formula is C30H37FN4O3S. The summed E-state index contributed by atoms with van der Waals surface area (Å²) >= 11 is 1.25. The highest BCUT2D eigenvalue weighted by molar-refractivity contribution is 7.13. The molecule has 3 amide bonds. The van der Waals surface area contributed by atoms with E-state index in [1.54, 1.807) is 36.7 Å². The van der Waals surface area contributed by atoms with Crippen LogP contribution in [0.1, 0.15) is 85.1 Å². The number of carbonyl (C=O) groups excluding carboxylic acids is 3. The zero-order chi connectivity index (χ0) is 29.1. The van der Waals surface area contributed by atoms with Crippen molar-refractivity contribution in [2.45, 2.75) is 61.4 Å². The Bertz CT molecular complexity index is 1370. The number of halogens is 1. The summed E-state index contributed by atoms with van der Waals surface area (Å²) in [6.07, 6.45) is 1.57. The molecule has 0 fully saturated rings. The smallest absolute Gasteiger partial charge is 0.258 e. The van der Waals surface area contributed by atoms with Gasteiger partial charge >= 0.3 is 0 Å². The minimum atomic E-state index is -0.570. The molecule has 7 nitrogen and oxygen atoms in total. The third-order valence-electron chi connectivity index (χ3n) is 6.50. The Balaban J connectivity index is 2.08. The minimum Gasteiger partial charge on any atom is -0.352 e. The van der Waals surface area contributed by atoms with E-state index in [1.165, 1.54) is 23.5 Å². The van der Waals surface area contributed by atoms with E-state index in [9.17, 15) is 14.4 Å². The summed E-state index contributed by atoms with van der Waals surface area (Å²) in [5.74, 6) is -1.81. The lowest BCUT2D eigenvalue weighted by molar-refractivity contribution is 0.0907. The molecule has 0 spiro atoms. The Kier molecular flexibility index (Phi) is 8.95. The van der Waals surface area contributed by atoms with E-state index in [1.807, 2.05) is 48.5 Å². The average Bonchev–Trinajstić information content (AvgIpc) is 3.35. The molecule has 0 aliphatic carbocycles. The van der Waals surface area contributed by atoms with Crippen LogP contribution in [0.3, 0.4) is 0 Å². The maximum atomic E-state index is 15.2. The van der Waals surface area contributed by atoms with Crippen molar-refractivity contribution in [3.8, 4) is 11.1 Å². The van der Waals surface area contributed by atoms with Crippen LogP contribution in [0.4, 0.5) is 9.52 Å². The van der Waals surface area contributed by atoms with Crippen molar-refractivity contribution >= 4 is 34.2 Å². The van der Waals surface area contributed by atoms with E-state index in [-0.39, 0.29) is 39.5 Å². The van der Waals surface area contributed by atoms with Crippen molar-refractivity contribution in [2.24, 2.45) is 10.8 Å². The number of aromatic nitrogens is 1. The Morgan fingerprint density at radius 3 is 2.23 bits per heavy atom. The first-order valence-corrected chi connectivity index (χ1v) is 13.7. The fourth-order valence-corrected chi connectivity index (χ4v) is 4.12. The van der Waals surface area contributed by atoms with Crippen LogP contribution in [0, 0.1) is 23.6 Å². The minimum absolute atomic E-state index is 0.124. The van der Waals surface area contributed by atoms with Crippen molar-refractivity contribution in [3.05, 3.63) is 70.0 Å². The Hall–Kier alpha value is -3.59. The number of hydrogen-bond donors (Lipinski definition) is 3. The van der Waals surface area contributed by atoms with E-state index in [2.05, 4.69) is 20.9 Å². The number of nitrogens with zero attached hydrogens (tertiary/aromatic N) is 1. The highest BCUT2D eigenvalue weighted by atomic mass is 32.1. The summed E-state index contributed by atoms with van der Waals surface area (Å²) in [5, 5.41) is 10.7. The number of carbonyl (C=O) groups is 3. The lowest BCUT2D eigenvalue weighted by atomic mass is 9.87. The summed E-state index contributed by atoms with van der Waals surface area (Å²) in [6, 6.07) is 7.32. The first-order valence-electron chi connectivity index (χ1n) is 12.8. The molecule has 0 unspecified atom stereocenters. The van der Waals surface area contributed by atoms with Gasteiger partial charge in [0.15, 0.2) is 5.13 Å². The fraction of sp³-hybridized carbons (Fsp3) is 0.400. The highest BCUT2D eigenvalue weighted by Gasteiger charge is 2.25. The number of benzene rings is 2. The predicted octanol–water partition coefficient (Wildman–Crippen LogP) is 6.45. The molecule has 0 radical (unpaired) electrons. The van der Waals surface area contributed by atoms with E-state index >= 15 is 4.39 Å². The molecule has 1 aromatic heterocycles. The van der Waals surface area contributed by atoms with Gasteiger partial charge in [0.1, 0.15) is 5.82 Å². The standard InChI is InChI=1S/C30H37FN4O3S/c1-17-22(14-20(15-24(17)31)26(37)34-18(2)30(6,7)8)21-10-9-19(25(36)33-16-29(3,4)5)13-23(21)27(38)35-28-32-11-12-39-28/h9-15,18H,16H2,1-8H3,(H,33,36)(H,34,37)(H,32,35,38)/t18-/m1/s1. The number of hydrogen-bond acceptors (Lipinski definition) is 5. The number of nitrogens with one attached hydrogen (secondary N) is 3. The average molecular weight is 553 g/mol. The van der Waals surface area contributed by atoms with Gasteiger partial charge in [-0.1, -0.05) is 47.6 Å². The fourth-order valence-electron chi connectivity index (χ4n) is 3.59. The summed E-state index contributed by atoms with van der Waals surface area (Å²) in [4.78, 5) is 43.5. The Labute approximate surface area is 233 Å². The van der Waals surface area contributed by atoms with Gasteiger partial charge in [-0.15, -0.1) is 11.3 Å². The van der Waals surface area contributed by atoms with Crippen LogP contribution in [0.2, 0.25) is 0 Å². The monoisotopic (exact) mass is 552 g/mol. The lowest BCUT2D eigenvalue weighted by Gasteiger charge is -2.28. The maximum absolute atomic E-state index is 15.2. The van der Waals surface area contributed by atoms with Gasteiger partial charge in [-0.05, 0) is 65.6 Å². The molecule has 208 valence electrons. The molecule has 3 rings (SSSR count). The molecule has 1 atom stereocenters. The molecule has 9 heteroatoms. The van der Waals surface area contributed by atoms with Gasteiger partial charge in [-0.3, -0.25) is 19.7 Å². The van der Waals surface area contributed by atoms with Crippen LogP contribution < -0.4 is 16.0 Å².